The Labute approximate surface area is 185 Å². The third-order valence-corrected chi connectivity index (χ3v) is 5.44. The van der Waals surface area contributed by atoms with Crippen molar-refractivity contribution >= 4 is 5.91 Å². The van der Waals surface area contributed by atoms with Gasteiger partial charge in [0.15, 0.2) is 0 Å². The molecule has 3 aromatic heterocycles. The second kappa shape index (κ2) is 10.3. The number of nitrogens with two attached hydrogens (primary N) is 1. The number of aromatic nitrogens is 3. The molecule has 0 bridgehead atoms. The first-order valence-corrected chi connectivity index (χ1v) is 10.7. The molecule has 31 heavy (non-hydrogen) atoms. The number of carbonyl (C=O) groups excluding carboxylic acids is 1. The summed E-state index contributed by atoms with van der Waals surface area (Å²) in [5, 5.41) is 0. The predicted molar refractivity (Wildman–Crippen MR) is 123 cm³/mol. The number of carbonyl (C=O) groups is 1. The minimum Gasteiger partial charge on any atom is -0.370 e. The second-order valence-electron chi connectivity index (χ2n) is 8.36. The molecule has 0 aliphatic rings. The lowest BCUT2D eigenvalue weighted by atomic mass is 9.77. The fourth-order valence-electron chi connectivity index (χ4n) is 4.30. The number of hydrogen-bond acceptors (Lipinski definition) is 4. The van der Waals surface area contributed by atoms with Crippen LogP contribution in [-0.4, -0.2) is 20.9 Å². The molecule has 0 aliphatic heterocycles. The predicted octanol–water partition coefficient (Wildman–Crippen LogP) is 4.51. The molecule has 0 saturated heterocycles. The Morgan fingerprint density at radius 2 is 1.55 bits per heavy atom. The van der Waals surface area contributed by atoms with Crippen molar-refractivity contribution in [2.75, 3.05) is 0 Å². The highest BCUT2D eigenvalue weighted by Gasteiger charge is 2.26. The van der Waals surface area contributed by atoms with E-state index in [0.29, 0.717) is 0 Å². The van der Waals surface area contributed by atoms with Gasteiger partial charge in [0.05, 0.1) is 0 Å². The van der Waals surface area contributed by atoms with Crippen molar-refractivity contribution in [1.82, 2.24) is 15.0 Å². The first-order valence-electron chi connectivity index (χ1n) is 10.7. The van der Waals surface area contributed by atoms with E-state index >= 15 is 0 Å². The SMILES string of the molecule is Cc1cc(CC[C](CC(N)=O)C(Cc2cccnc2)c2cc(C)nc(C)c2)cc(C)n1. The van der Waals surface area contributed by atoms with Crippen molar-refractivity contribution in [2.24, 2.45) is 5.73 Å². The molecule has 0 aromatic carbocycles. The molecular formula is C26H31N4O. The van der Waals surface area contributed by atoms with Gasteiger partial charge < -0.3 is 5.73 Å². The van der Waals surface area contributed by atoms with Gasteiger partial charge in [-0.2, -0.15) is 0 Å². The normalized spacial score (nSPS) is 12.2. The molecule has 3 aromatic rings. The lowest BCUT2D eigenvalue weighted by molar-refractivity contribution is -0.117. The van der Waals surface area contributed by atoms with Crippen LogP contribution in [0, 0.1) is 33.6 Å². The minimum absolute atomic E-state index is 0.0705. The van der Waals surface area contributed by atoms with E-state index in [-0.39, 0.29) is 18.2 Å². The summed E-state index contributed by atoms with van der Waals surface area (Å²) in [7, 11) is 0. The molecule has 5 nitrogen and oxygen atoms in total. The third kappa shape index (κ3) is 6.71. The van der Waals surface area contributed by atoms with Crippen LogP contribution in [0.5, 0.6) is 0 Å². The van der Waals surface area contributed by atoms with Gasteiger partial charge in [-0.1, -0.05) is 6.07 Å². The van der Waals surface area contributed by atoms with Crippen LogP contribution in [0.1, 0.15) is 58.2 Å². The van der Waals surface area contributed by atoms with Gasteiger partial charge in [-0.05, 0) is 106 Å². The van der Waals surface area contributed by atoms with E-state index in [2.05, 4.69) is 45.3 Å². The Morgan fingerprint density at radius 1 is 0.935 bits per heavy atom. The fourth-order valence-corrected chi connectivity index (χ4v) is 4.30. The van der Waals surface area contributed by atoms with Gasteiger partial charge >= 0.3 is 0 Å². The van der Waals surface area contributed by atoms with E-state index in [9.17, 15) is 4.79 Å². The number of nitrogens with zero attached hydrogens (tertiary/aromatic N) is 3. The third-order valence-electron chi connectivity index (χ3n) is 5.44. The van der Waals surface area contributed by atoms with Gasteiger partial charge in [0.2, 0.25) is 5.91 Å². The molecule has 0 aliphatic carbocycles. The molecular weight excluding hydrogens is 384 g/mol. The summed E-state index contributed by atoms with van der Waals surface area (Å²) < 4.78 is 0. The monoisotopic (exact) mass is 415 g/mol. The average Bonchev–Trinajstić information content (AvgIpc) is 2.68. The van der Waals surface area contributed by atoms with Crippen molar-refractivity contribution in [3.8, 4) is 0 Å². The maximum atomic E-state index is 12.0. The Morgan fingerprint density at radius 3 is 2.10 bits per heavy atom. The Balaban J connectivity index is 1.94. The van der Waals surface area contributed by atoms with Crippen LogP contribution in [0.2, 0.25) is 0 Å². The van der Waals surface area contributed by atoms with Crippen molar-refractivity contribution in [2.45, 2.75) is 59.3 Å². The quantitative estimate of drug-likeness (QED) is 0.557. The van der Waals surface area contributed by atoms with E-state index < -0.39 is 0 Å². The summed E-state index contributed by atoms with van der Waals surface area (Å²) in [5.74, 6) is 0.922. The lowest BCUT2D eigenvalue weighted by Crippen LogP contribution is -2.22. The van der Waals surface area contributed by atoms with Gasteiger partial charge in [-0.15, -0.1) is 0 Å². The summed E-state index contributed by atoms with van der Waals surface area (Å²) in [5.41, 5.74) is 13.2. The molecule has 161 valence electrons. The summed E-state index contributed by atoms with van der Waals surface area (Å²) in [6, 6.07) is 12.5. The molecule has 3 heterocycles. The number of amides is 1. The molecule has 0 fully saturated rings. The second-order valence-corrected chi connectivity index (χ2v) is 8.36. The smallest absolute Gasteiger partial charge is 0.218 e. The number of primary amides is 1. The fraction of sp³-hybridized carbons (Fsp3) is 0.346. The summed E-state index contributed by atoms with van der Waals surface area (Å²) in [6.07, 6.45) is 6.35. The van der Waals surface area contributed by atoms with Gasteiger partial charge in [0, 0.05) is 41.6 Å². The van der Waals surface area contributed by atoms with E-state index in [4.69, 9.17) is 5.73 Å². The van der Waals surface area contributed by atoms with Crippen LogP contribution >= 0.6 is 0 Å². The minimum atomic E-state index is -0.296. The zero-order valence-electron chi connectivity index (χ0n) is 18.9. The highest BCUT2D eigenvalue weighted by atomic mass is 16.1. The first kappa shape index (κ1) is 22.6. The molecule has 1 unspecified atom stereocenters. The highest BCUT2D eigenvalue weighted by Crippen LogP contribution is 2.36. The molecule has 0 spiro atoms. The van der Waals surface area contributed by atoms with Gasteiger partial charge in [0.1, 0.15) is 0 Å². The van der Waals surface area contributed by atoms with Gasteiger partial charge in [-0.25, -0.2) is 0 Å². The summed E-state index contributed by atoms with van der Waals surface area (Å²) in [6.45, 7) is 8.04. The number of aryl methyl sites for hydroxylation is 5. The molecule has 5 heteroatoms. The van der Waals surface area contributed by atoms with Crippen molar-refractivity contribution in [1.29, 1.82) is 0 Å². The maximum Gasteiger partial charge on any atom is 0.218 e. The van der Waals surface area contributed by atoms with E-state index in [1.807, 2.05) is 40.0 Å². The number of pyridine rings is 3. The average molecular weight is 416 g/mol. The van der Waals surface area contributed by atoms with E-state index in [0.717, 1.165) is 53.5 Å². The van der Waals surface area contributed by atoms with Crippen LogP contribution in [-0.2, 0) is 17.6 Å². The zero-order valence-corrected chi connectivity index (χ0v) is 18.9. The summed E-state index contributed by atoms with van der Waals surface area (Å²) >= 11 is 0. The Bertz CT molecular complexity index is 992. The Kier molecular flexibility index (Phi) is 7.50. The molecule has 1 amide bonds. The van der Waals surface area contributed by atoms with Crippen LogP contribution < -0.4 is 5.73 Å². The van der Waals surface area contributed by atoms with Crippen LogP contribution in [0.15, 0.2) is 48.8 Å². The first-order chi connectivity index (χ1) is 14.8. The van der Waals surface area contributed by atoms with Crippen LogP contribution in [0.4, 0.5) is 0 Å². The molecule has 0 saturated carbocycles. The zero-order chi connectivity index (χ0) is 22.4. The van der Waals surface area contributed by atoms with Crippen molar-refractivity contribution < 1.29 is 4.79 Å². The molecule has 1 radical (unpaired) electrons. The lowest BCUT2D eigenvalue weighted by Gasteiger charge is -2.27. The van der Waals surface area contributed by atoms with Gasteiger partial charge in [-0.3, -0.25) is 19.7 Å². The van der Waals surface area contributed by atoms with Gasteiger partial charge in [0.25, 0.3) is 0 Å². The molecule has 1 atom stereocenters. The molecule has 3 rings (SSSR count). The van der Waals surface area contributed by atoms with Crippen LogP contribution in [0.3, 0.4) is 0 Å². The van der Waals surface area contributed by atoms with Crippen molar-refractivity contribution in [3.63, 3.8) is 0 Å². The standard InChI is InChI=1S/C26H31N4O/c1-17-10-21(11-18(2)29-17)7-8-23(15-26(27)31)25(14-22-6-5-9-28-16-22)24-12-19(3)30-20(4)13-24/h5-6,9-13,16,25H,7-8,14-15H2,1-4H3,(H2,27,31). The summed E-state index contributed by atoms with van der Waals surface area (Å²) in [4.78, 5) is 25.3. The van der Waals surface area contributed by atoms with E-state index in [1.165, 1.54) is 11.1 Å². The van der Waals surface area contributed by atoms with Crippen LogP contribution in [0.25, 0.3) is 0 Å². The highest BCUT2D eigenvalue weighted by molar-refractivity contribution is 5.76. The molecule has 2 N–H and O–H groups in total. The maximum absolute atomic E-state index is 12.0. The topological polar surface area (TPSA) is 81.8 Å². The largest absolute Gasteiger partial charge is 0.370 e. The van der Waals surface area contributed by atoms with E-state index in [1.54, 1.807) is 6.20 Å². The Hall–Kier alpha value is -3.08. The van der Waals surface area contributed by atoms with Crippen molar-refractivity contribution in [3.05, 3.63) is 94.2 Å². The number of hydrogen-bond donors (Lipinski definition) is 1. The number of rotatable bonds is 9.